The van der Waals surface area contributed by atoms with Crippen molar-refractivity contribution < 1.29 is 14.3 Å². The van der Waals surface area contributed by atoms with Crippen LogP contribution in [0.25, 0.3) is 0 Å². The molecule has 2 rings (SSSR count). The fourth-order valence-electron chi connectivity index (χ4n) is 3.60. The van der Waals surface area contributed by atoms with E-state index in [-0.39, 0.29) is 29.9 Å². The third-order valence-electron chi connectivity index (χ3n) is 5.18. The van der Waals surface area contributed by atoms with E-state index in [1.807, 2.05) is 25.1 Å². The Hall–Kier alpha value is -1.71. The molecule has 0 spiro atoms. The number of hydrogen-bond donors (Lipinski definition) is 3. The second-order valence-electron chi connectivity index (χ2n) is 7.36. The van der Waals surface area contributed by atoms with Gasteiger partial charge in [-0.3, -0.25) is 4.79 Å². The molecule has 0 aromatic heterocycles. The molecule has 1 aliphatic carbocycles. The van der Waals surface area contributed by atoms with Gasteiger partial charge in [-0.25, -0.2) is 4.99 Å². The van der Waals surface area contributed by atoms with Crippen LogP contribution >= 0.6 is 24.0 Å². The standard InChI is InChI=1S/C22H36N4O3.HI/c1-4-23-22(26-16-18-10-11-19(28-2)15-20(18)29-3)25-13-12-24-21(27)14-17-8-6-5-7-9-17;/h10-11,15,17H,4-9,12-14,16H2,1-3H3,(H,24,27)(H2,23,25,26);1H. The van der Waals surface area contributed by atoms with Gasteiger partial charge >= 0.3 is 0 Å². The van der Waals surface area contributed by atoms with E-state index in [4.69, 9.17) is 9.47 Å². The maximum Gasteiger partial charge on any atom is 0.220 e. The van der Waals surface area contributed by atoms with E-state index in [0.717, 1.165) is 23.6 Å². The first-order valence-electron chi connectivity index (χ1n) is 10.7. The third kappa shape index (κ3) is 9.40. The van der Waals surface area contributed by atoms with Crippen LogP contribution in [0.1, 0.15) is 51.0 Å². The summed E-state index contributed by atoms with van der Waals surface area (Å²) in [6.45, 7) is 4.48. The van der Waals surface area contributed by atoms with Crippen molar-refractivity contribution in [2.75, 3.05) is 33.9 Å². The number of carbonyl (C=O) groups is 1. The second kappa shape index (κ2) is 15.1. The minimum atomic E-state index is 0. The lowest BCUT2D eigenvalue weighted by molar-refractivity contribution is -0.122. The number of ether oxygens (including phenoxy) is 2. The summed E-state index contributed by atoms with van der Waals surface area (Å²) < 4.78 is 10.7. The Morgan fingerprint density at radius 1 is 1.07 bits per heavy atom. The molecule has 0 unspecified atom stereocenters. The molecule has 0 bridgehead atoms. The van der Waals surface area contributed by atoms with Crippen LogP contribution in [0.15, 0.2) is 23.2 Å². The quantitative estimate of drug-likeness (QED) is 0.186. The van der Waals surface area contributed by atoms with Crippen molar-refractivity contribution >= 4 is 35.8 Å². The first-order chi connectivity index (χ1) is 14.2. The molecular weight excluding hydrogens is 495 g/mol. The van der Waals surface area contributed by atoms with Gasteiger partial charge in [0.2, 0.25) is 5.91 Å². The third-order valence-corrected chi connectivity index (χ3v) is 5.18. The SMILES string of the molecule is CCNC(=NCc1ccc(OC)cc1OC)NCCNC(=O)CC1CCCCC1.I. The molecule has 30 heavy (non-hydrogen) atoms. The van der Waals surface area contributed by atoms with Gasteiger partial charge < -0.3 is 25.4 Å². The summed E-state index contributed by atoms with van der Waals surface area (Å²) in [6, 6.07) is 5.71. The lowest BCUT2D eigenvalue weighted by Gasteiger charge is -2.20. The molecule has 8 heteroatoms. The van der Waals surface area contributed by atoms with Crippen molar-refractivity contribution in [3.8, 4) is 11.5 Å². The Balaban J connectivity index is 0.00000450. The van der Waals surface area contributed by atoms with Crippen molar-refractivity contribution in [1.29, 1.82) is 0 Å². The van der Waals surface area contributed by atoms with E-state index in [1.54, 1.807) is 14.2 Å². The van der Waals surface area contributed by atoms with Gasteiger partial charge in [-0.2, -0.15) is 0 Å². The van der Waals surface area contributed by atoms with Gasteiger partial charge in [0.05, 0.1) is 20.8 Å². The molecule has 3 N–H and O–H groups in total. The maximum absolute atomic E-state index is 12.1. The number of carbonyl (C=O) groups excluding carboxylic acids is 1. The zero-order valence-electron chi connectivity index (χ0n) is 18.5. The number of halogens is 1. The fourth-order valence-corrected chi connectivity index (χ4v) is 3.60. The largest absolute Gasteiger partial charge is 0.497 e. The van der Waals surface area contributed by atoms with Crippen molar-refractivity contribution in [1.82, 2.24) is 16.0 Å². The monoisotopic (exact) mass is 532 g/mol. The molecule has 0 saturated heterocycles. The molecule has 7 nitrogen and oxygen atoms in total. The van der Waals surface area contributed by atoms with E-state index in [0.29, 0.717) is 37.9 Å². The second-order valence-corrected chi connectivity index (χ2v) is 7.36. The smallest absolute Gasteiger partial charge is 0.220 e. The van der Waals surface area contributed by atoms with E-state index in [2.05, 4.69) is 20.9 Å². The van der Waals surface area contributed by atoms with Crippen LogP contribution in [0.2, 0.25) is 0 Å². The Kier molecular flexibility index (Phi) is 13.3. The Labute approximate surface area is 197 Å². The summed E-state index contributed by atoms with van der Waals surface area (Å²) in [5.41, 5.74) is 0.978. The zero-order chi connectivity index (χ0) is 20.9. The predicted molar refractivity (Wildman–Crippen MR) is 132 cm³/mol. The Morgan fingerprint density at radius 2 is 1.80 bits per heavy atom. The van der Waals surface area contributed by atoms with Gasteiger partial charge in [0, 0.05) is 37.7 Å². The predicted octanol–water partition coefficient (Wildman–Crippen LogP) is 3.46. The van der Waals surface area contributed by atoms with E-state index in [1.165, 1.54) is 32.1 Å². The van der Waals surface area contributed by atoms with Crippen molar-refractivity contribution in [2.24, 2.45) is 10.9 Å². The number of guanidine groups is 1. The molecule has 170 valence electrons. The van der Waals surface area contributed by atoms with Crippen LogP contribution in [0, 0.1) is 5.92 Å². The number of rotatable bonds is 10. The van der Waals surface area contributed by atoms with E-state index >= 15 is 0 Å². The zero-order valence-corrected chi connectivity index (χ0v) is 20.8. The molecule has 1 saturated carbocycles. The Morgan fingerprint density at radius 3 is 2.47 bits per heavy atom. The lowest BCUT2D eigenvalue weighted by atomic mass is 9.87. The van der Waals surface area contributed by atoms with Gasteiger partial charge in [0.1, 0.15) is 11.5 Å². The molecule has 1 aromatic rings. The van der Waals surface area contributed by atoms with Gasteiger partial charge in [0.25, 0.3) is 0 Å². The Bertz CT molecular complexity index is 664. The summed E-state index contributed by atoms with van der Waals surface area (Å²) in [6.07, 6.45) is 6.89. The molecule has 1 amide bonds. The number of benzene rings is 1. The van der Waals surface area contributed by atoms with E-state index < -0.39 is 0 Å². The number of methoxy groups -OCH3 is 2. The summed E-state index contributed by atoms with van der Waals surface area (Å²) in [5, 5.41) is 9.51. The van der Waals surface area contributed by atoms with Crippen molar-refractivity contribution in [3.05, 3.63) is 23.8 Å². The highest BCUT2D eigenvalue weighted by Gasteiger charge is 2.16. The molecular formula is C22H37IN4O3. The average Bonchev–Trinajstić information content (AvgIpc) is 2.75. The number of nitrogens with zero attached hydrogens (tertiary/aromatic N) is 1. The van der Waals surface area contributed by atoms with Gasteiger partial charge in [-0.1, -0.05) is 19.3 Å². The molecule has 0 heterocycles. The molecule has 0 radical (unpaired) electrons. The van der Waals surface area contributed by atoms with E-state index in [9.17, 15) is 4.79 Å². The lowest BCUT2D eigenvalue weighted by Crippen LogP contribution is -2.41. The summed E-state index contributed by atoms with van der Waals surface area (Å²) in [5.74, 6) is 2.94. The highest BCUT2D eigenvalue weighted by Crippen LogP contribution is 2.26. The van der Waals surface area contributed by atoms with Crippen LogP contribution in [-0.2, 0) is 11.3 Å². The van der Waals surface area contributed by atoms with Gasteiger partial charge in [0.15, 0.2) is 5.96 Å². The highest BCUT2D eigenvalue weighted by molar-refractivity contribution is 14.0. The normalized spacial score (nSPS) is 14.4. The first kappa shape index (κ1) is 26.3. The van der Waals surface area contributed by atoms with Crippen LogP contribution in [0.5, 0.6) is 11.5 Å². The summed E-state index contributed by atoms with van der Waals surface area (Å²) in [7, 11) is 3.27. The number of hydrogen-bond acceptors (Lipinski definition) is 4. The minimum absolute atomic E-state index is 0. The van der Waals surface area contributed by atoms with Crippen LogP contribution < -0.4 is 25.4 Å². The number of aliphatic imine (C=N–C) groups is 1. The molecule has 1 aliphatic rings. The molecule has 0 aliphatic heterocycles. The molecule has 1 fully saturated rings. The van der Waals surface area contributed by atoms with Crippen LogP contribution in [0.4, 0.5) is 0 Å². The first-order valence-corrected chi connectivity index (χ1v) is 10.7. The van der Waals surface area contributed by atoms with Crippen molar-refractivity contribution in [2.45, 2.75) is 52.0 Å². The van der Waals surface area contributed by atoms with Crippen LogP contribution in [0.3, 0.4) is 0 Å². The van der Waals surface area contributed by atoms with Gasteiger partial charge in [-0.05, 0) is 37.8 Å². The van der Waals surface area contributed by atoms with Gasteiger partial charge in [-0.15, -0.1) is 24.0 Å². The maximum atomic E-state index is 12.1. The van der Waals surface area contributed by atoms with Crippen molar-refractivity contribution in [3.63, 3.8) is 0 Å². The van der Waals surface area contributed by atoms with Crippen LogP contribution in [-0.4, -0.2) is 45.7 Å². The fraction of sp³-hybridized carbons (Fsp3) is 0.636. The minimum Gasteiger partial charge on any atom is -0.497 e. The molecule has 0 atom stereocenters. The topological polar surface area (TPSA) is 84.0 Å². The number of nitrogens with one attached hydrogen (secondary N) is 3. The summed E-state index contributed by atoms with van der Waals surface area (Å²) in [4.78, 5) is 16.7. The number of amides is 1. The summed E-state index contributed by atoms with van der Waals surface area (Å²) >= 11 is 0. The molecule has 1 aromatic carbocycles. The highest BCUT2D eigenvalue weighted by atomic mass is 127. The average molecular weight is 532 g/mol.